The van der Waals surface area contributed by atoms with E-state index < -0.39 is 0 Å². The molecule has 2 heterocycles. The normalized spacial score (nSPS) is 19.3. The minimum atomic E-state index is -0.154. The highest BCUT2D eigenvalue weighted by Crippen LogP contribution is 2.32. The van der Waals surface area contributed by atoms with Crippen molar-refractivity contribution in [1.29, 1.82) is 0 Å². The largest absolute Gasteiger partial charge is 0.291 e. The summed E-state index contributed by atoms with van der Waals surface area (Å²) in [6.45, 7) is 3.90. The van der Waals surface area contributed by atoms with Crippen molar-refractivity contribution in [2.24, 2.45) is 0 Å². The van der Waals surface area contributed by atoms with Gasteiger partial charge in [-0.3, -0.25) is 4.90 Å². The van der Waals surface area contributed by atoms with E-state index in [1.165, 1.54) is 18.9 Å². The highest BCUT2D eigenvalue weighted by atomic mass is 19.1. The maximum atomic E-state index is 13.5. The number of likely N-dealkylation sites (tertiary alicyclic amines) is 1. The minimum absolute atomic E-state index is 0.154. The molecule has 22 heavy (non-hydrogen) atoms. The number of aromatic nitrogens is 2. The zero-order valence-electron chi connectivity index (χ0n) is 13.0. The van der Waals surface area contributed by atoms with Gasteiger partial charge < -0.3 is 0 Å². The molecule has 0 unspecified atom stereocenters. The quantitative estimate of drug-likeness (QED) is 0.857. The molecule has 0 spiro atoms. The zero-order valence-corrected chi connectivity index (χ0v) is 13.0. The molecule has 1 aromatic carbocycles. The first-order valence-corrected chi connectivity index (χ1v) is 8.06. The van der Waals surface area contributed by atoms with Crippen LogP contribution < -0.4 is 0 Å². The van der Waals surface area contributed by atoms with E-state index in [9.17, 15) is 4.39 Å². The molecular formula is C18H22FN3. The lowest BCUT2D eigenvalue weighted by Crippen LogP contribution is -2.33. The van der Waals surface area contributed by atoms with Crippen molar-refractivity contribution in [3.8, 4) is 0 Å². The second kappa shape index (κ2) is 6.97. The van der Waals surface area contributed by atoms with Gasteiger partial charge in [0.25, 0.3) is 0 Å². The lowest BCUT2D eigenvalue weighted by molar-refractivity contribution is 0.138. The minimum Gasteiger partial charge on any atom is -0.291 e. The van der Waals surface area contributed by atoms with Crippen LogP contribution in [0.3, 0.4) is 0 Å². The van der Waals surface area contributed by atoms with Gasteiger partial charge in [0, 0.05) is 25.2 Å². The molecule has 0 aliphatic carbocycles. The number of aryl methyl sites for hydroxylation is 1. The predicted octanol–water partition coefficient (Wildman–Crippen LogP) is 3.91. The molecule has 2 aromatic rings. The Morgan fingerprint density at radius 2 is 2.18 bits per heavy atom. The first kappa shape index (κ1) is 15.1. The molecule has 1 aliphatic heterocycles. The van der Waals surface area contributed by atoms with E-state index in [0.717, 1.165) is 43.0 Å². The van der Waals surface area contributed by atoms with Crippen LogP contribution in [-0.2, 0) is 13.0 Å². The molecular weight excluding hydrogens is 277 g/mol. The first-order valence-electron chi connectivity index (χ1n) is 8.06. The molecule has 1 atom stereocenters. The maximum absolute atomic E-state index is 13.5. The van der Waals surface area contributed by atoms with Crippen LogP contribution in [-0.4, -0.2) is 21.4 Å². The summed E-state index contributed by atoms with van der Waals surface area (Å²) in [6, 6.07) is 9.27. The van der Waals surface area contributed by atoms with Gasteiger partial charge in [0.15, 0.2) is 0 Å². The van der Waals surface area contributed by atoms with E-state index in [-0.39, 0.29) is 11.9 Å². The third kappa shape index (κ3) is 3.50. The summed E-state index contributed by atoms with van der Waals surface area (Å²) in [7, 11) is 0. The summed E-state index contributed by atoms with van der Waals surface area (Å²) in [6.07, 6.45) is 6.15. The molecule has 3 rings (SSSR count). The Labute approximate surface area is 131 Å². The Morgan fingerprint density at radius 3 is 3.00 bits per heavy atom. The molecule has 0 bridgehead atoms. The van der Waals surface area contributed by atoms with Gasteiger partial charge in [0.1, 0.15) is 11.6 Å². The molecule has 4 heteroatoms. The van der Waals surface area contributed by atoms with Crippen molar-refractivity contribution in [2.75, 3.05) is 6.54 Å². The molecule has 116 valence electrons. The smallest absolute Gasteiger partial charge is 0.128 e. The third-order valence-electron chi connectivity index (χ3n) is 4.29. The molecule has 1 aromatic heterocycles. The van der Waals surface area contributed by atoms with E-state index in [4.69, 9.17) is 0 Å². The van der Waals surface area contributed by atoms with Gasteiger partial charge in [-0.25, -0.2) is 14.4 Å². The average molecular weight is 299 g/mol. The van der Waals surface area contributed by atoms with Crippen LogP contribution in [0.2, 0.25) is 0 Å². The zero-order chi connectivity index (χ0) is 15.4. The van der Waals surface area contributed by atoms with E-state index in [2.05, 4.69) is 21.8 Å². The molecule has 0 N–H and O–H groups in total. The molecule has 1 saturated heterocycles. The van der Waals surface area contributed by atoms with E-state index in [1.54, 1.807) is 12.1 Å². The van der Waals surface area contributed by atoms with Crippen LogP contribution in [0.25, 0.3) is 0 Å². The van der Waals surface area contributed by atoms with Gasteiger partial charge in [-0.1, -0.05) is 25.5 Å². The summed E-state index contributed by atoms with van der Waals surface area (Å²) in [4.78, 5) is 11.3. The van der Waals surface area contributed by atoms with E-state index in [1.807, 2.05) is 18.3 Å². The highest BCUT2D eigenvalue weighted by molar-refractivity contribution is 5.21. The molecule has 0 saturated carbocycles. The predicted molar refractivity (Wildman–Crippen MR) is 84.8 cm³/mol. The maximum Gasteiger partial charge on any atom is 0.128 e. The Balaban J connectivity index is 1.80. The van der Waals surface area contributed by atoms with Gasteiger partial charge in [-0.05, 0) is 43.1 Å². The van der Waals surface area contributed by atoms with E-state index >= 15 is 0 Å². The Bertz CT molecular complexity index is 629. The lowest BCUT2D eigenvalue weighted by Gasteiger charge is -2.35. The van der Waals surface area contributed by atoms with Gasteiger partial charge in [0.2, 0.25) is 0 Å². The molecule has 0 radical (unpaired) electrons. The number of nitrogens with zero attached hydrogens (tertiary/aromatic N) is 3. The van der Waals surface area contributed by atoms with Crippen molar-refractivity contribution >= 4 is 0 Å². The van der Waals surface area contributed by atoms with Crippen LogP contribution in [0.15, 0.2) is 36.5 Å². The molecule has 0 amide bonds. The summed E-state index contributed by atoms with van der Waals surface area (Å²) in [5.41, 5.74) is 2.12. The standard InChI is InChI=1S/C18H22FN3/c1-2-18-20-10-9-16(21-18)13-22-11-4-3-8-17(22)14-6-5-7-15(19)12-14/h5-7,9-10,12,17H,2-4,8,11,13H2,1H3/t17-/m0/s1. The van der Waals surface area contributed by atoms with Crippen LogP contribution in [0, 0.1) is 5.82 Å². The summed E-state index contributed by atoms with van der Waals surface area (Å²) < 4.78 is 13.5. The SMILES string of the molecule is CCc1nccc(CN2CCCC[C@H]2c2cccc(F)c2)n1. The van der Waals surface area contributed by atoms with Crippen LogP contribution in [0.4, 0.5) is 4.39 Å². The fraction of sp³-hybridized carbons (Fsp3) is 0.444. The van der Waals surface area contributed by atoms with E-state index in [0.29, 0.717) is 0 Å². The van der Waals surface area contributed by atoms with Crippen LogP contribution >= 0.6 is 0 Å². The van der Waals surface area contributed by atoms with Crippen molar-refractivity contribution in [3.63, 3.8) is 0 Å². The molecule has 3 nitrogen and oxygen atoms in total. The summed E-state index contributed by atoms with van der Waals surface area (Å²) in [5.74, 6) is 0.732. The fourth-order valence-corrected chi connectivity index (χ4v) is 3.18. The number of hydrogen-bond donors (Lipinski definition) is 0. The van der Waals surface area contributed by atoms with Crippen molar-refractivity contribution < 1.29 is 4.39 Å². The number of piperidine rings is 1. The fourth-order valence-electron chi connectivity index (χ4n) is 3.18. The second-order valence-corrected chi connectivity index (χ2v) is 5.85. The monoisotopic (exact) mass is 299 g/mol. The van der Waals surface area contributed by atoms with Crippen LogP contribution in [0.1, 0.15) is 49.3 Å². The van der Waals surface area contributed by atoms with Crippen molar-refractivity contribution in [3.05, 3.63) is 59.4 Å². The topological polar surface area (TPSA) is 29.0 Å². The lowest BCUT2D eigenvalue weighted by atomic mass is 9.95. The van der Waals surface area contributed by atoms with Gasteiger partial charge in [-0.15, -0.1) is 0 Å². The Kier molecular flexibility index (Phi) is 4.78. The Morgan fingerprint density at radius 1 is 1.27 bits per heavy atom. The average Bonchev–Trinajstić information content (AvgIpc) is 2.55. The number of hydrogen-bond acceptors (Lipinski definition) is 3. The third-order valence-corrected chi connectivity index (χ3v) is 4.29. The van der Waals surface area contributed by atoms with Gasteiger partial charge in [-0.2, -0.15) is 0 Å². The van der Waals surface area contributed by atoms with Gasteiger partial charge in [0.05, 0.1) is 5.69 Å². The highest BCUT2D eigenvalue weighted by Gasteiger charge is 2.24. The van der Waals surface area contributed by atoms with Gasteiger partial charge >= 0.3 is 0 Å². The first-order chi connectivity index (χ1) is 10.8. The Hall–Kier alpha value is -1.81. The summed E-state index contributed by atoms with van der Waals surface area (Å²) >= 11 is 0. The number of rotatable bonds is 4. The van der Waals surface area contributed by atoms with Crippen molar-refractivity contribution in [2.45, 2.75) is 45.2 Å². The van der Waals surface area contributed by atoms with Crippen LogP contribution in [0.5, 0.6) is 0 Å². The second-order valence-electron chi connectivity index (χ2n) is 5.85. The number of benzene rings is 1. The molecule has 1 aliphatic rings. The van der Waals surface area contributed by atoms with Crippen molar-refractivity contribution in [1.82, 2.24) is 14.9 Å². The molecule has 1 fully saturated rings. The number of halogens is 1. The summed E-state index contributed by atoms with van der Waals surface area (Å²) in [5, 5.41) is 0.